The fourth-order valence-electron chi connectivity index (χ4n) is 10.0. The van der Waals surface area contributed by atoms with Crippen LogP contribution in [0.2, 0.25) is 0 Å². The lowest BCUT2D eigenvalue weighted by Crippen LogP contribution is -1.93. The second kappa shape index (κ2) is 11.5. The molecule has 262 valence electrons. The van der Waals surface area contributed by atoms with Gasteiger partial charge in [-0.1, -0.05) is 170 Å². The Morgan fingerprint density at radius 2 is 0.754 bits per heavy atom. The van der Waals surface area contributed by atoms with E-state index in [0.717, 1.165) is 27.5 Å². The van der Waals surface area contributed by atoms with Crippen molar-refractivity contribution in [2.75, 3.05) is 0 Å². The van der Waals surface area contributed by atoms with E-state index in [2.05, 4.69) is 188 Å². The van der Waals surface area contributed by atoms with E-state index in [0.29, 0.717) is 0 Å². The first kappa shape index (κ1) is 30.8. The molecule has 13 rings (SSSR count). The normalized spacial score (nSPS) is 12.2. The standard InChI is InChI=1S/C56H32O/c1-2-16-50-45(13-1)49-32-40(25-30-51(49)57-50)43-14-6-15-46(44-27-22-38-20-18-34-8-4-10-36-24-29-48(44)56(38)53(34)36)54(43)41-12-5-11-39(31-41)42-26-21-37-19-17-33-7-3-9-35-23-28-47(42)55(37)52(33)35/h1-32H. The summed E-state index contributed by atoms with van der Waals surface area (Å²) in [5.74, 6) is 0. The molecule has 0 aliphatic carbocycles. The average molecular weight is 721 g/mol. The van der Waals surface area contributed by atoms with E-state index < -0.39 is 0 Å². The highest BCUT2D eigenvalue weighted by molar-refractivity contribution is 6.27. The van der Waals surface area contributed by atoms with Crippen LogP contribution in [0.3, 0.4) is 0 Å². The molecule has 0 spiro atoms. The number of hydrogen-bond donors (Lipinski definition) is 0. The highest BCUT2D eigenvalue weighted by Crippen LogP contribution is 2.47. The molecule has 1 nitrogen and oxygen atoms in total. The molecular weight excluding hydrogens is 689 g/mol. The highest BCUT2D eigenvalue weighted by atomic mass is 16.3. The second-order valence-corrected chi connectivity index (χ2v) is 15.6. The average Bonchev–Trinajstić information content (AvgIpc) is 3.65. The number of furan rings is 1. The van der Waals surface area contributed by atoms with Crippen LogP contribution in [-0.2, 0) is 0 Å². The number of rotatable bonds is 4. The van der Waals surface area contributed by atoms with Gasteiger partial charge in [-0.05, 0) is 133 Å². The van der Waals surface area contributed by atoms with Gasteiger partial charge in [0.25, 0.3) is 0 Å². The molecule has 0 atom stereocenters. The van der Waals surface area contributed by atoms with Crippen LogP contribution in [0.25, 0.3) is 131 Å². The Labute approximate surface area is 328 Å². The van der Waals surface area contributed by atoms with Gasteiger partial charge in [-0.2, -0.15) is 0 Å². The molecule has 0 N–H and O–H groups in total. The Morgan fingerprint density at radius 3 is 1.47 bits per heavy atom. The summed E-state index contributed by atoms with van der Waals surface area (Å²) in [7, 11) is 0. The zero-order valence-electron chi connectivity index (χ0n) is 30.9. The van der Waals surface area contributed by atoms with Crippen molar-refractivity contribution in [3.8, 4) is 44.5 Å². The zero-order valence-corrected chi connectivity index (χ0v) is 30.9. The number of fused-ring (bicyclic) bond motifs is 3. The summed E-state index contributed by atoms with van der Waals surface area (Å²) >= 11 is 0. The van der Waals surface area contributed by atoms with Gasteiger partial charge in [0.05, 0.1) is 0 Å². The third kappa shape index (κ3) is 4.40. The van der Waals surface area contributed by atoms with Gasteiger partial charge < -0.3 is 4.42 Å². The van der Waals surface area contributed by atoms with Crippen molar-refractivity contribution in [2.45, 2.75) is 0 Å². The molecule has 0 saturated heterocycles. The Balaban J connectivity index is 1.09. The van der Waals surface area contributed by atoms with Crippen LogP contribution in [0.1, 0.15) is 0 Å². The third-order valence-corrected chi connectivity index (χ3v) is 12.6. The van der Waals surface area contributed by atoms with Gasteiger partial charge in [-0.3, -0.25) is 0 Å². The second-order valence-electron chi connectivity index (χ2n) is 15.6. The molecule has 1 heterocycles. The summed E-state index contributed by atoms with van der Waals surface area (Å²) in [5.41, 5.74) is 11.5. The van der Waals surface area contributed by atoms with E-state index in [1.54, 1.807) is 0 Å². The van der Waals surface area contributed by atoms with Crippen molar-refractivity contribution in [1.82, 2.24) is 0 Å². The van der Waals surface area contributed by atoms with E-state index in [-0.39, 0.29) is 0 Å². The molecule has 13 aromatic rings. The highest BCUT2D eigenvalue weighted by Gasteiger charge is 2.20. The van der Waals surface area contributed by atoms with Gasteiger partial charge in [-0.15, -0.1) is 0 Å². The molecule has 57 heavy (non-hydrogen) atoms. The van der Waals surface area contributed by atoms with Gasteiger partial charge in [0.2, 0.25) is 0 Å². The summed E-state index contributed by atoms with van der Waals surface area (Å²) in [6.07, 6.45) is 0. The maximum Gasteiger partial charge on any atom is 0.135 e. The first-order valence-corrected chi connectivity index (χ1v) is 19.7. The van der Waals surface area contributed by atoms with E-state index in [1.807, 2.05) is 6.07 Å². The largest absolute Gasteiger partial charge is 0.456 e. The number of benzene rings is 12. The summed E-state index contributed by atoms with van der Waals surface area (Å²) in [6, 6.07) is 71.9. The lowest BCUT2D eigenvalue weighted by molar-refractivity contribution is 0.669. The van der Waals surface area contributed by atoms with Crippen LogP contribution >= 0.6 is 0 Å². The molecule has 1 aromatic heterocycles. The van der Waals surface area contributed by atoms with E-state index in [4.69, 9.17) is 4.42 Å². The van der Waals surface area contributed by atoms with Crippen molar-refractivity contribution in [2.24, 2.45) is 0 Å². The molecule has 0 bridgehead atoms. The number of para-hydroxylation sites is 1. The van der Waals surface area contributed by atoms with Crippen LogP contribution in [0.5, 0.6) is 0 Å². The van der Waals surface area contributed by atoms with Crippen molar-refractivity contribution in [3.05, 3.63) is 194 Å². The third-order valence-electron chi connectivity index (χ3n) is 12.6. The molecule has 0 amide bonds. The van der Waals surface area contributed by atoms with Gasteiger partial charge in [0.1, 0.15) is 11.2 Å². The van der Waals surface area contributed by atoms with Crippen LogP contribution in [0, 0.1) is 0 Å². The van der Waals surface area contributed by atoms with Crippen molar-refractivity contribution in [1.29, 1.82) is 0 Å². The minimum Gasteiger partial charge on any atom is -0.456 e. The first-order valence-electron chi connectivity index (χ1n) is 19.7. The van der Waals surface area contributed by atoms with Crippen molar-refractivity contribution < 1.29 is 4.42 Å². The fourth-order valence-corrected chi connectivity index (χ4v) is 10.0. The van der Waals surface area contributed by atoms with Crippen molar-refractivity contribution in [3.63, 3.8) is 0 Å². The van der Waals surface area contributed by atoms with E-state index >= 15 is 0 Å². The minimum atomic E-state index is 0.903. The monoisotopic (exact) mass is 720 g/mol. The molecular formula is C56H32O. The minimum absolute atomic E-state index is 0.903. The molecule has 0 aliphatic heterocycles. The summed E-state index contributed by atoms with van der Waals surface area (Å²) in [4.78, 5) is 0. The lowest BCUT2D eigenvalue weighted by atomic mass is 9.83. The molecule has 0 aliphatic rings. The molecule has 0 unspecified atom stereocenters. The fraction of sp³-hybridized carbons (Fsp3) is 0. The van der Waals surface area contributed by atoms with Gasteiger partial charge in [0, 0.05) is 10.8 Å². The predicted octanol–water partition coefficient (Wildman–Crippen LogP) is 16.0. The molecule has 12 aromatic carbocycles. The molecule has 1 heteroatoms. The Hall–Kier alpha value is -7.48. The van der Waals surface area contributed by atoms with Gasteiger partial charge in [-0.25, -0.2) is 0 Å². The SMILES string of the molecule is c1cc(-c2c(-c3ccc4oc5ccccc5c4c3)cccc2-c2ccc3ccc4cccc5ccc2c3c45)cc(-c2ccc3ccc4cccc5ccc2c3c45)c1. The topological polar surface area (TPSA) is 13.1 Å². The van der Waals surface area contributed by atoms with Crippen LogP contribution < -0.4 is 0 Å². The quantitative estimate of drug-likeness (QED) is 0.165. The van der Waals surface area contributed by atoms with Gasteiger partial charge in [0.15, 0.2) is 0 Å². The summed E-state index contributed by atoms with van der Waals surface area (Å²) < 4.78 is 6.30. The summed E-state index contributed by atoms with van der Waals surface area (Å²) in [5, 5.41) is 17.8. The number of hydrogen-bond acceptors (Lipinski definition) is 1. The Kier molecular flexibility index (Phi) is 6.23. The smallest absolute Gasteiger partial charge is 0.135 e. The Morgan fingerprint density at radius 1 is 0.246 bits per heavy atom. The molecule has 0 radical (unpaired) electrons. The van der Waals surface area contributed by atoms with Gasteiger partial charge >= 0.3 is 0 Å². The maximum atomic E-state index is 6.30. The summed E-state index contributed by atoms with van der Waals surface area (Å²) in [6.45, 7) is 0. The van der Waals surface area contributed by atoms with Crippen LogP contribution in [-0.4, -0.2) is 0 Å². The first-order chi connectivity index (χ1) is 28.2. The Bertz CT molecular complexity index is 3720. The lowest BCUT2D eigenvalue weighted by Gasteiger charge is -2.20. The molecule has 0 saturated carbocycles. The van der Waals surface area contributed by atoms with E-state index in [9.17, 15) is 0 Å². The van der Waals surface area contributed by atoms with Crippen LogP contribution in [0.4, 0.5) is 0 Å². The van der Waals surface area contributed by atoms with Crippen molar-refractivity contribution >= 4 is 86.6 Å². The molecule has 0 fully saturated rings. The predicted molar refractivity (Wildman–Crippen MR) is 243 cm³/mol. The van der Waals surface area contributed by atoms with E-state index in [1.165, 1.54) is 104 Å². The zero-order chi connectivity index (χ0) is 37.2. The maximum absolute atomic E-state index is 6.30. The van der Waals surface area contributed by atoms with Crippen LogP contribution in [0.15, 0.2) is 199 Å².